The van der Waals surface area contributed by atoms with Gasteiger partial charge in [-0.1, -0.05) is 27.7 Å². The zero-order valence-electron chi connectivity index (χ0n) is 19.8. The molecule has 0 spiro atoms. The van der Waals surface area contributed by atoms with Crippen LogP contribution in [0.3, 0.4) is 0 Å². The summed E-state index contributed by atoms with van der Waals surface area (Å²) in [7, 11) is 0. The summed E-state index contributed by atoms with van der Waals surface area (Å²) in [5.41, 5.74) is -1.79. The first kappa shape index (κ1) is 26.1. The van der Waals surface area contributed by atoms with Gasteiger partial charge in [-0.3, -0.25) is 14.8 Å². The Morgan fingerprint density at radius 3 is 2.30 bits per heavy atom. The van der Waals surface area contributed by atoms with Gasteiger partial charge in [0.2, 0.25) is 0 Å². The zero-order valence-corrected chi connectivity index (χ0v) is 19.8. The van der Waals surface area contributed by atoms with Crippen LogP contribution in [0.4, 0.5) is 13.2 Å². The summed E-state index contributed by atoms with van der Waals surface area (Å²) in [6, 6.07) is 4.52. The molecule has 1 amide bonds. The lowest BCUT2D eigenvalue weighted by atomic mass is 9.49. The molecule has 1 aliphatic carbocycles. The van der Waals surface area contributed by atoms with E-state index in [1.54, 1.807) is 26.8 Å². The van der Waals surface area contributed by atoms with Gasteiger partial charge in [0.15, 0.2) is 0 Å². The zero-order chi connectivity index (χ0) is 25.2. The highest BCUT2D eigenvalue weighted by molar-refractivity contribution is 5.95. The van der Waals surface area contributed by atoms with Crippen molar-refractivity contribution >= 4 is 17.8 Å². The van der Waals surface area contributed by atoms with Crippen LogP contribution in [0, 0.1) is 22.2 Å². The Labute approximate surface area is 192 Å². The van der Waals surface area contributed by atoms with Crippen molar-refractivity contribution in [3.63, 3.8) is 0 Å². The number of nitrogens with one attached hydrogen (secondary N) is 1. The minimum atomic E-state index is -4.67. The average Bonchev–Trinajstić information content (AvgIpc) is 2.71. The molecular formula is C24H29F3N4O2. The van der Waals surface area contributed by atoms with E-state index in [4.69, 9.17) is 10.00 Å². The normalized spacial score (nSPS) is 21.7. The van der Waals surface area contributed by atoms with E-state index in [0.29, 0.717) is 0 Å². The monoisotopic (exact) mass is 462 g/mol. The van der Waals surface area contributed by atoms with E-state index in [1.807, 2.05) is 27.7 Å². The van der Waals surface area contributed by atoms with E-state index in [0.717, 1.165) is 17.8 Å². The molecule has 1 saturated carbocycles. The average molecular weight is 463 g/mol. The third-order valence-corrected chi connectivity index (χ3v) is 5.73. The number of halogens is 3. The van der Waals surface area contributed by atoms with Crippen LogP contribution in [0.15, 0.2) is 40.1 Å². The summed E-state index contributed by atoms with van der Waals surface area (Å²) >= 11 is 0. The number of ether oxygens (including phenoxy) is 1. The smallest absolute Gasteiger partial charge is 0.417 e. The summed E-state index contributed by atoms with van der Waals surface area (Å²) in [4.78, 5) is 21.1. The number of nitriles is 1. The van der Waals surface area contributed by atoms with Crippen molar-refractivity contribution in [3.8, 4) is 11.8 Å². The first-order chi connectivity index (χ1) is 15.2. The van der Waals surface area contributed by atoms with Gasteiger partial charge in [-0.25, -0.2) is 0 Å². The molecule has 0 aliphatic heterocycles. The van der Waals surface area contributed by atoms with E-state index in [2.05, 4.69) is 15.3 Å². The molecule has 1 aromatic rings. The standard InChI is InChI=1S/C24H29F3N4O2/c1-8-29-18(13-30-14(2)3)19(32)31-20-22(4,5)21(23(20,6)7)33-16-10-9-15(12-28)17(11-16)24(25,26)27/h8-11,13,20-21H,1-7H3,(H,31,32)/b18-13-,29-8-/t20-,21-. The summed E-state index contributed by atoms with van der Waals surface area (Å²) in [6.07, 6.45) is -2.28. The minimum Gasteiger partial charge on any atom is -0.489 e. The van der Waals surface area contributed by atoms with Crippen molar-refractivity contribution in [3.05, 3.63) is 41.2 Å². The first-order valence-electron chi connectivity index (χ1n) is 10.4. The van der Waals surface area contributed by atoms with Crippen LogP contribution in [0.1, 0.15) is 59.6 Å². The number of hydrogen-bond donors (Lipinski definition) is 1. The van der Waals surface area contributed by atoms with Gasteiger partial charge >= 0.3 is 6.18 Å². The summed E-state index contributed by atoms with van der Waals surface area (Å²) in [5, 5.41) is 12.0. The summed E-state index contributed by atoms with van der Waals surface area (Å²) in [6.45, 7) is 12.8. The van der Waals surface area contributed by atoms with Gasteiger partial charge in [0.05, 0.1) is 23.4 Å². The molecule has 1 aromatic carbocycles. The van der Waals surface area contributed by atoms with Gasteiger partial charge in [0.25, 0.3) is 5.91 Å². The van der Waals surface area contributed by atoms with Crippen LogP contribution in [-0.2, 0) is 11.0 Å². The van der Waals surface area contributed by atoms with Crippen molar-refractivity contribution in [2.24, 2.45) is 20.8 Å². The molecule has 1 aliphatic rings. The molecule has 1 N–H and O–H groups in total. The topological polar surface area (TPSA) is 86.8 Å². The van der Waals surface area contributed by atoms with Gasteiger partial charge in [0.1, 0.15) is 17.6 Å². The number of carbonyl (C=O) groups excluding carboxylic acids is 1. The van der Waals surface area contributed by atoms with Crippen molar-refractivity contribution < 1.29 is 22.7 Å². The van der Waals surface area contributed by atoms with Gasteiger partial charge < -0.3 is 10.1 Å². The largest absolute Gasteiger partial charge is 0.489 e. The van der Waals surface area contributed by atoms with E-state index < -0.39 is 40.1 Å². The maximum Gasteiger partial charge on any atom is 0.417 e. The Balaban J connectivity index is 2.28. The molecule has 0 atom stereocenters. The van der Waals surface area contributed by atoms with E-state index in [1.165, 1.54) is 18.5 Å². The van der Waals surface area contributed by atoms with Gasteiger partial charge in [-0.2, -0.15) is 18.4 Å². The third-order valence-electron chi connectivity index (χ3n) is 5.73. The van der Waals surface area contributed by atoms with Crippen LogP contribution < -0.4 is 10.1 Å². The summed E-state index contributed by atoms with van der Waals surface area (Å²) in [5.74, 6) is -0.387. The third kappa shape index (κ3) is 5.44. The molecule has 0 unspecified atom stereocenters. The van der Waals surface area contributed by atoms with Crippen LogP contribution in [-0.4, -0.2) is 30.0 Å². The maximum atomic E-state index is 13.3. The molecule has 0 bridgehead atoms. The van der Waals surface area contributed by atoms with E-state index in [9.17, 15) is 18.0 Å². The lowest BCUT2D eigenvalue weighted by molar-refractivity contribution is -0.172. The summed E-state index contributed by atoms with van der Waals surface area (Å²) < 4.78 is 46.0. The second-order valence-corrected chi connectivity index (χ2v) is 9.34. The van der Waals surface area contributed by atoms with Gasteiger partial charge in [-0.05, 0) is 39.0 Å². The molecule has 2 rings (SSSR count). The molecule has 9 heteroatoms. The second kappa shape index (κ2) is 9.38. The van der Waals surface area contributed by atoms with E-state index >= 15 is 0 Å². The molecule has 0 saturated heterocycles. The Bertz CT molecular complexity index is 1030. The number of benzene rings is 1. The number of carbonyl (C=O) groups is 1. The molecule has 0 heterocycles. The Kier molecular flexibility index (Phi) is 7.42. The fourth-order valence-corrected chi connectivity index (χ4v) is 4.55. The number of rotatable bonds is 6. The van der Waals surface area contributed by atoms with E-state index in [-0.39, 0.29) is 17.5 Å². The van der Waals surface area contributed by atoms with Crippen molar-refractivity contribution in [2.45, 2.75) is 66.8 Å². The number of nitrogens with zero attached hydrogens (tertiary/aromatic N) is 3. The highest BCUT2D eigenvalue weighted by Gasteiger charge is 2.64. The number of hydrogen-bond acceptors (Lipinski definition) is 5. The predicted octanol–water partition coefficient (Wildman–Crippen LogP) is 5.29. The van der Waals surface area contributed by atoms with Crippen molar-refractivity contribution in [1.82, 2.24) is 5.32 Å². The van der Waals surface area contributed by atoms with Gasteiger partial charge in [-0.15, -0.1) is 0 Å². The number of alkyl halides is 3. The minimum absolute atomic E-state index is 0.0150. The maximum absolute atomic E-state index is 13.3. The predicted molar refractivity (Wildman–Crippen MR) is 121 cm³/mol. The highest BCUT2D eigenvalue weighted by atomic mass is 19.4. The molecule has 6 nitrogen and oxygen atoms in total. The van der Waals surface area contributed by atoms with Gasteiger partial charge in [0, 0.05) is 28.8 Å². The Hall–Kier alpha value is -3.15. The molecule has 1 fully saturated rings. The van der Waals surface area contributed by atoms with Crippen LogP contribution >= 0.6 is 0 Å². The lowest BCUT2D eigenvalue weighted by Gasteiger charge is -2.63. The molecule has 33 heavy (non-hydrogen) atoms. The Morgan fingerprint density at radius 1 is 1.21 bits per heavy atom. The first-order valence-corrected chi connectivity index (χ1v) is 10.4. The highest BCUT2D eigenvalue weighted by Crippen LogP contribution is 2.55. The van der Waals surface area contributed by atoms with Crippen LogP contribution in [0.2, 0.25) is 0 Å². The SMILES string of the molecule is C/C=N\C(=C/N=C(C)C)C(=O)N[C@H]1C(C)(C)[C@H](Oc2ccc(C#N)c(C(F)(F)F)c2)C1(C)C. The molecule has 0 aromatic heterocycles. The molecular weight excluding hydrogens is 433 g/mol. The van der Waals surface area contributed by atoms with Crippen LogP contribution in [0.5, 0.6) is 5.75 Å². The fraction of sp³-hybridized carbons (Fsp3) is 0.500. The number of amides is 1. The Morgan fingerprint density at radius 2 is 1.82 bits per heavy atom. The van der Waals surface area contributed by atoms with Crippen molar-refractivity contribution in [1.29, 1.82) is 5.26 Å². The lowest BCUT2D eigenvalue weighted by Crippen LogP contribution is -2.74. The second-order valence-electron chi connectivity index (χ2n) is 9.34. The fourth-order valence-electron chi connectivity index (χ4n) is 4.55. The molecule has 0 radical (unpaired) electrons. The number of aliphatic imine (C=N–C) groups is 2. The molecule has 178 valence electrons. The quantitative estimate of drug-likeness (QED) is 0.460. The van der Waals surface area contributed by atoms with Crippen LogP contribution in [0.25, 0.3) is 0 Å². The van der Waals surface area contributed by atoms with Crippen molar-refractivity contribution in [2.75, 3.05) is 0 Å².